The molecule has 1 nitrogen and oxygen atoms in total. The minimum absolute atomic E-state index is 0.819. The molecule has 0 fully saturated rings. The van der Waals surface area contributed by atoms with E-state index in [4.69, 9.17) is 0 Å². The number of rotatable bonds is 2. The SMILES string of the molecule is C/C=C/C.CC#CC.CCOC.CCSC. The normalized spacial score (nSPS) is 7.00. The minimum Gasteiger partial charge on any atom is -0.385 e. The fourth-order valence-electron chi connectivity index (χ4n) is 0. The van der Waals surface area contributed by atoms with Crippen molar-refractivity contribution in [2.75, 3.05) is 25.7 Å². The van der Waals surface area contributed by atoms with Crippen LogP contribution in [0.5, 0.6) is 0 Å². The number of methoxy groups -OCH3 is 1. The van der Waals surface area contributed by atoms with Crippen LogP contribution in [0.1, 0.15) is 41.5 Å². The summed E-state index contributed by atoms with van der Waals surface area (Å²) in [7, 11) is 1.68. The summed E-state index contributed by atoms with van der Waals surface area (Å²) in [6.07, 6.45) is 6.10. The topological polar surface area (TPSA) is 9.23 Å². The molecule has 0 aromatic carbocycles. The quantitative estimate of drug-likeness (QED) is 0.519. The first-order chi connectivity index (χ1) is 7.66. The summed E-state index contributed by atoms with van der Waals surface area (Å²) in [6, 6.07) is 0. The molecule has 0 spiro atoms. The Hall–Kier alpha value is -0.390. The molecule has 0 aromatic heterocycles. The molecule has 0 unspecified atom stereocenters. The van der Waals surface area contributed by atoms with Crippen molar-refractivity contribution < 1.29 is 4.74 Å². The van der Waals surface area contributed by atoms with Gasteiger partial charge in [0.05, 0.1) is 0 Å². The van der Waals surface area contributed by atoms with E-state index in [1.165, 1.54) is 5.75 Å². The molecule has 98 valence electrons. The first-order valence-corrected chi connectivity index (χ1v) is 6.94. The van der Waals surface area contributed by atoms with Gasteiger partial charge in [0.25, 0.3) is 0 Å². The Morgan fingerprint density at radius 1 is 1.06 bits per heavy atom. The molecule has 0 radical (unpaired) electrons. The highest BCUT2D eigenvalue weighted by Gasteiger charge is 1.55. The summed E-state index contributed by atoms with van der Waals surface area (Å²) in [5.74, 6) is 6.60. The number of hydrogen-bond acceptors (Lipinski definition) is 2. The molecule has 0 heterocycles. The van der Waals surface area contributed by atoms with Crippen LogP contribution < -0.4 is 0 Å². The van der Waals surface area contributed by atoms with E-state index in [9.17, 15) is 0 Å². The summed E-state index contributed by atoms with van der Waals surface area (Å²) in [5, 5.41) is 0. The van der Waals surface area contributed by atoms with Gasteiger partial charge in [-0.25, -0.2) is 0 Å². The van der Waals surface area contributed by atoms with Crippen molar-refractivity contribution in [2.45, 2.75) is 41.5 Å². The predicted molar refractivity (Wildman–Crippen MR) is 81.2 cm³/mol. The van der Waals surface area contributed by atoms with Crippen LogP contribution in [0.15, 0.2) is 12.2 Å². The highest BCUT2D eigenvalue weighted by molar-refractivity contribution is 7.98. The van der Waals surface area contributed by atoms with E-state index in [0.717, 1.165) is 6.61 Å². The highest BCUT2D eigenvalue weighted by Crippen LogP contribution is 1.83. The lowest BCUT2D eigenvalue weighted by molar-refractivity contribution is 0.215. The maximum atomic E-state index is 4.54. The van der Waals surface area contributed by atoms with Gasteiger partial charge in [-0.2, -0.15) is 11.8 Å². The van der Waals surface area contributed by atoms with E-state index in [-0.39, 0.29) is 0 Å². The number of allylic oxidation sites excluding steroid dienone is 2. The van der Waals surface area contributed by atoms with Gasteiger partial charge in [-0.15, -0.1) is 11.8 Å². The van der Waals surface area contributed by atoms with Crippen molar-refractivity contribution >= 4 is 11.8 Å². The Morgan fingerprint density at radius 3 is 1.31 bits per heavy atom. The van der Waals surface area contributed by atoms with E-state index in [0.29, 0.717) is 0 Å². The van der Waals surface area contributed by atoms with Crippen molar-refractivity contribution in [1.29, 1.82) is 0 Å². The molecule has 16 heavy (non-hydrogen) atoms. The molecule has 0 aromatic rings. The summed E-state index contributed by atoms with van der Waals surface area (Å²) in [4.78, 5) is 0. The Kier molecular flexibility index (Phi) is 72.2. The largest absolute Gasteiger partial charge is 0.385 e. The van der Waals surface area contributed by atoms with Crippen molar-refractivity contribution in [2.24, 2.45) is 0 Å². The van der Waals surface area contributed by atoms with Gasteiger partial charge in [-0.3, -0.25) is 0 Å². The van der Waals surface area contributed by atoms with E-state index in [2.05, 4.69) is 29.8 Å². The third-order valence-electron chi connectivity index (χ3n) is 1.16. The second-order valence-corrected chi connectivity index (χ2v) is 3.48. The van der Waals surface area contributed by atoms with Crippen molar-refractivity contribution in [3.8, 4) is 11.8 Å². The molecule has 0 bridgehead atoms. The van der Waals surface area contributed by atoms with E-state index < -0.39 is 0 Å². The molecule has 0 rings (SSSR count). The Morgan fingerprint density at radius 2 is 1.31 bits per heavy atom. The molecule has 0 amide bonds. The Labute approximate surface area is 108 Å². The van der Waals surface area contributed by atoms with Crippen LogP contribution in [0, 0.1) is 11.8 Å². The van der Waals surface area contributed by atoms with Gasteiger partial charge in [0.15, 0.2) is 0 Å². The van der Waals surface area contributed by atoms with Gasteiger partial charge < -0.3 is 4.74 Å². The lowest BCUT2D eigenvalue weighted by atomic mass is 10.6. The Balaban J connectivity index is -0.0000000600. The molecule has 2 heteroatoms. The van der Waals surface area contributed by atoms with Gasteiger partial charge in [-0.1, -0.05) is 19.1 Å². The summed E-state index contributed by atoms with van der Waals surface area (Å²) >= 11 is 1.86. The molecular formula is C14H30OS. The van der Waals surface area contributed by atoms with Crippen molar-refractivity contribution in [3.63, 3.8) is 0 Å². The van der Waals surface area contributed by atoms with E-state index in [1.54, 1.807) is 7.11 Å². The summed E-state index contributed by atoms with van der Waals surface area (Å²) < 4.78 is 4.54. The summed E-state index contributed by atoms with van der Waals surface area (Å²) in [6.45, 7) is 12.6. The monoisotopic (exact) mass is 246 g/mol. The van der Waals surface area contributed by atoms with E-state index in [1.807, 2.05) is 58.5 Å². The molecule has 0 aliphatic rings. The molecular weight excluding hydrogens is 216 g/mol. The van der Waals surface area contributed by atoms with Gasteiger partial charge in [-0.05, 0) is 46.6 Å². The molecule has 0 saturated heterocycles. The third kappa shape index (κ3) is 166. The fourth-order valence-corrected chi connectivity index (χ4v) is 0. The minimum atomic E-state index is 0.819. The molecule has 0 aliphatic heterocycles. The molecule has 0 N–H and O–H groups in total. The summed E-state index contributed by atoms with van der Waals surface area (Å²) in [5.41, 5.74) is 0. The Bertz CT molecular complexity index is 125. The van der Waals surface area contributed by atoms with Crippen LogP contribution in [0.25, 0.3) is 0 Å². The fraction of sp³-hybridized carbons (Fsp3) is 0.714. The molecule has 0 saturated carbocycles. The zero-order valence-corrected chi connectivity index (χ0v) is 13.2. The third-order valence-corrected chi connectivity index (χ3v) is 1.74. The number of hydrogen-bond donors (Lipinski definition) is 0. The lowest BCUT2D eigenvalue weighted by Crippen LogP contribution is -1.73. The van der Waals surface area contributed by atoms with Crippen LogP contribution in [0.4, 0.5) is 0 Å². The lowest BCUT2D eigenvalue weighted by Gasteiger charge is -1.76. The first kappa shape index (κ1) is 24.7. The van der Waals surface area contributed by atoms with Crippen LogP contribution >= 0.6 is 11.8 Å². The van der Waals surface area contributed by atoms with Gasteiger partial charge in [0.2, 0.25) is 0 Å². The van der Waals surface area contributed by atoms with Gasteiger partial charge in [0.1, 0.15) is 0 Å². The smallest absolute Gasteiger partial charge is 0.0433 e. The number of thioether (sulfide) groups is 1. The van der Waals surface area contributed by atoms with Crippen molar-refractivity contribution in [1.82, 2.24) is 0 Å². The zero-order valence-electron chi connectivity index (χ0n) is 12.4. The van der Waals surface area contributed by atoms with Crippen LogP contribution in [0.3, 0.4) is 0 Å². The van der Waals surface area contributed by atoms with Crippen LogP contribution in [-0.2, 0) is 4.74 Å². The molecule has 0 atom stereocenters. The second kappa shape index (κ2) is 46.7. The standard InChI is InChI=1S/C4H8.C4H6.C3H8O.C3H8S/c4*1-3-4-2/h3-4H,1-2H3;1-2H3;2*3H2,1-2H3/b4-3+;;;. The maximum absolute atomic E-state index is 4.54. The van der Waals surface area contributed by atoms with Crippen LogP contribution in [-0.4, -0.2) is 25.7 Å². The molecule has 0 aliphatic carbocycles. The highest BCUT2D eigenvalue weighted by atomic mass is 32.2. The van der Waals surface area contributed by atoms with Gasteiger partial charge in [0, 0.05) is 13.7 Å². The average Bonchev–Trinajstić information content (AvgIpc) is 2.39. The van der Waals surface area contributed by atoms with Gasteiger partial charge >= 0.3 is 0 Å². The van der Waals surface area contributed by atoms with Crippen LogP contribution in [0.2, 0.25) is 0 Å². The van der Waals surface area contributed by atoms with Crippen molar-refractivity contribution in [3.05, 3.63) is 12.2 Å². The maximum Gasteiger partial charge on any atom is 0.0433 e. The second-order valence-electron chi connectivity index (χ2n) is 2.32. The van der Waals surface area contributed by atoms with E-state index >= 15 is 0 Å². The zero-order chi connectivity index (χ0) is 13.7. The average molecular weight is 246 g/mol. The predicted octanol–water partition coefficient (Wildman–Crippen LogP) is 4.63. The first-order valence-electron chi connectivity index (χ1n) is 5.55. The number of ether oxygens (including phenoxy) is 1.